The van der Waals surface area contributed by atoms with Crippen LogP contribution in [0.5, 0.6) is 0 Å². The normalized spacial score (nSPS) is 11.7. The van der Waals surface area contributed by atoms with Crippen molar-refractivity contribution in [1.29, 1.82) is 0 Å². The van der Waals surface area contributed by atoms with Crippen LogP contribution >= 0.6 is 0 Å². The van der Waals surface area contributed by atoms with Crippen LogP contribution in [0, 0.1) is 5.41 Å². The second kappa shape index (κ2) is 4.80. The summed E-state index contributed by atoms with van der Waals surface area (Å²) in [4.78, 5) is 8.34. The standard InChI is InChI=1S/C14H20N4/c1-14(2,3)6-8-18-10-16-9-12(18)11-5-4-7-17-13(11)15/h4-5,7,9-10H,6,8H2,1-3H3,(H2,15,17). The second-order valence-electron chi connectivity index (χ2n) is 5.72. The molecule has 96 valence electrons. The minimum absolute atomic E-state index is 0.308. The molecule has 0 bridgehead atoms. The lowest BCUT2D eigenvalue weighted by molar-refractivity contribution is 0.351. The van der Waals surface area contributed by atoms with Crippen molar-refractivity contribution in [2.24, 2.45) is 5.41 Å². The van der Waals surface area contributed by atoms with Crippen LogP contribution in [-0.4, -0.2) is 14.5 Å². The number of nitrogens with two attached hydrogens (primary N) is 1. The molecule has 2 rings (SSSR count). The summed E-state index contributed by atoms with van der Waals surface area (Å²) < 4.78 is 2.14. The predicted molar refractivity (Wildman–Crippen MR) is 73.9 cm³/mol. The molecule has 2 aromatic rings. The van der Waals surface area contributed by atoms with Gasteiger partial charge in [0, 0.05) is 18.3 Å². The van der Waals surface area contributed by atoms with Crippen molar-refractivity contribution in [3.8, 4) is 11.3 Å². The van der Waals surface area contributed by atoms with Gasteiger partial charge in [-0.15, -0.1) is 0 Å². The third-order valence-corrected chi connectivity index (χ3v) is 2.93. The molecule has 0 fully saturated rings. The molecule has 0 saturated carbocycles. The summed E-state index contributed by atoms with van der Waals surface area (Å²) in [6.45, 7) is 7.65. The quantitative estimate of drug-likeness (QED) is 0.903. The van der Waals surface area contributed by atoms with Crippen LogP contribution in [0.25, 0.3) is 11.3 Å². The lowest BCUT2D eigenvalue weighted by atomic mass is 9.92. The van der Waals surface area contributed by atoms with E-state index in [2.05, 4.69) is 35.3 Å². The minimum Gasteiger partial charge on any atom is -0.383 e. The third-order valence-electron chi connectivity index (χ3n) is 2.93. The van der Waals surface area contributed by atoms with E-state index < -0.39 is 0 Å². The Morgan fingerprint density at radius 1 is 1.33 bits per heavy atom. The zero-order chi connectivity index (χ0) is 13.2. The van der Waals surface area contributed by atoms with Crippen molar-refractivity contribution in [1.82, 2.24) is 14.5 Å². The van der Waals surface area contributed by atoms with Gasteiger partial charge in [-0.3, -0.25) is 0 Å². The summed E-state index contributed by atoms with van der Waals surface area (Å²) in [5.41, 5.74) is 8.20. The highest BCUT2D eigenvalue weighted by Gasteiger charge is 2.13. The zero-order valence-corrected chi connectivity index (χ0v) is 11.2. The molecule has 0 saturated heterocycles. The molecule has 0 aliphatic heterocycles. The Morgan fingerprint density at radius 2 is 2.11 bits per heavy atom. The van der Waals surface area contributed by atoms with E-state index in [1.54, 1.807) is 6.20 Å². The molecule has 0 unspecified atom stereocenters. The summed E-state index contributed by atoms with van der Waals surface area (Å²) in [6, 6.07) is 3.87. The van der Waals surface area contributed by atoms with Crippen molar-refractivity contribution >= 4 is 5.82 Å². The average molecular weight is 244 g/mol. The Balaban J connectivity index is 2.26. The van der Waals surface area contributed by atoms with Gasteiger partial charge in [0.1, 0.15) is 5.82 Å². The Bertz CT molecular complexity index is 523. The van der Waals surface area contributed by atoms with Gasteiger partial charge in [-0.05, 0) is 24.0 Å². The molecule has 0 aliphatic carbocycles. The number of aromatic nitrogens is 3. The zero-order valence-electron chi connectivity index (χ0n) is 11.2. The van der Waals surface area contributed by atoms with E-state index >= 15 is 0 Å². The van der Waals surface area contributed by atoms with Gasteiger partial charge in [-0.1, -0.05) is 20.8 Å². The Morgan fingerprint density at radius 3 is 2.78 bits per heavy atom. The smallest absolute Gasteiger partial charge is 0.132 e. The summed E-state index contributed by atoms with van der Waals surface area (Å²) >= 11 is 0. The van der Waals surface area contributed by atoms with Gasteiger partial charge < -0.3 is 10.3 Å². The first-order valence-electron chi connectivity index (χ1n) is 6.18. The largest absolute Gasteiger partial charge is 0.383 e. The summed E-state index contributed by atoms with van der Waals surface area (Å²) in [5.74, 6) is 0.551. The third kappa shape index (κ3) is 2.88. The summed E-state index contributed by atoms with van der Waals surface area (Å²) in [6.07, 6.45) is 6.49. The fraction of sp³-hybridized carbons (Fsp3) is 0.429. The monoisotopic (exact) mass is 244 g/mol. The number of pyridine rings is 1. The molecule has 0 radical (unpaired) electrons. The summed E-state index contributed by atoms with van der Waals surface area (Å²) in [5, 5.41) is 0. The van der Waals surface area contributed by atoms with Crippen LogP contribution in [0.3, 0.4) is 0 Å². The molecule has 0 atom stereocenters. The number of nitrogens with zero attached hydrogens (tertiary/aromatic N) is 3. The molecule has 0 spiro atoms. The molecule has 4 heteroatoms. The van der Waals surface area contributed by atoms with Gasteiger partial charge in [0.15, 0.2) is 0 Å². The average Bonchev–Trinajstić information content (AvgIpc) is 2.74. The minimum atomic E-state index is 0.308. The van der Waals surface area contributed by atoms with E-state index in [-0.39, 0.29) is 0 Å². The van der Waals surface area contributed by atoms with Gasteiger partial charge >= 0.3 is 0 Å². The fourth-order valence-electron chi connectivity index (χ4n) is 1.81. The SMILES string of the molecule is CC(C)(C)CCn1cncc1-c1cccnc1N. The van der Waals surface area contributed by atoms with E-state index in [9.17, 15) is 0 Å². The van der Waals surface area contributed by atoms with Gasteiger partial charge in [-0.25, -0.2) is 9.97 Å². The second-order valence-corrected chi connectivity index (χ2v) is 5.72. The molecule has 2 heterocycles. The van der Waals surface area contributed by atoms with Crippen LogP contribution in [0.2, 0.25) is 0 Å². The Kier molecular flexibility index (Phi) is 3.36. The van der Waals surface area contributed by atoms with E-state index in [1.807, 2.05) is 24.7 Å². The summed E-state index contributed by atoms with van der Waals surface area (Å²) in [7, 11) is 0. The lowest BCUT2D eigenvalue weighted by Crippen LogP contribution is -2.10. The highest BCUT2D eigenvalue weighted by atomic mass is 15.0. The van der Waals surface area contributed by atoms with E-state index in [0.29, 0.717) is 11.2 Å². The van der Waals surface area contributed by atoms with E-state index in [1.165, 1.54) is 0 Å². The molecule has 0 aromatic carbocycles. The highest BCUT2D eigenvalue weighted by molar-refractivity contribution is 5.70. The molecular formula is C14H20N4. The van der Waals surface area contributed by atoms with Crippen LogP contribution in [0.4, 0.5) is 5.82 Å². The van der Waals surface area contributed by atoms with Crippen molar-refractivity contribution < 1.29 is 0 Å². The molecule has 2 N–H and O–H groups in total. The highest BCUT2D eigenvalue weighted by Crippen LogP contribution is 2.26. The maximum Gasteiger partial charge on any atom is 0.132 e. The number of anilines is 1. The van der Waals surface area contributed by atoms with Gasteiger partial charge in [0.05, 0.1) is 18.2 Å². The molecule has 2 aromatic heterocycles. The molecule has 0 amide bonds. The van der Waals surface area contributed by atoms with Crippen LogP contribution in [-0.2, 0) is 6.54 Å². The Hall–Kier alpha value is -1.84. The van der Waals surface area contributed by atoms with E-state index in [0.717, 1.165) is 24.2 Å². The Labute approximate surface area is 108 Å². The number of hydrogen-bond acceptors (Lipinski definition) is 3. The molecule has 18 heavy (non-hydrogen) atoms. The van der Waals surface area contributed by atoms with Crippen LogP contribution in [0.1, 0.15) is 27.2 Å². The number of imidazole rings is 1. The first kappa shape index (κ1) is 12.6. The van der Waals surface area contributed by atoms with Crippen molar-refractivity contribution in [3.05, 3.63) is 30.9 Å². The van der Waals surface area contributed by atoms with Gasteiger partial charge in [0.2, 0.25) is 0 Å². The maximum absolute atomic E-state index is 5.91. The predicted octanol–water partition coefficient (Wildman–Crippen LogP) is 2.96. The first-order valence-corrected chi connectivity index (χ1v) is 6.18. The fourth-order valence-corrected chi connectivity index (χ4v) is 1.81. The van der Waals surface area contributed by atoms with Gasteiger partial charge in [0.25, 0.3) is 0 Å². The van der Waals surface area contributed by atoms with Crippen LogP contribution < -0.4 is 5.73 Å². The lowest BCUT2D eigenvalue weighted by Gasteiger charge is -2.19. The number of aryl methyl sites for hydroxylation is 1. The number of rotatable bonds is 3. The van der Waals surface area contributed by atoms with Crippen LogP contribution in [0.15, 0.2) is 30.9 Å². The molecule has 4 nitrogen and oxygen atoms in total. The number of nitrogen functional groups attached to an aromatic ring is 1. The van der Waals surface area contributed by atoms with Crippen molar-refractivity contribution in [2.75, 3.05) is 5.73 Å². The van der Waals surface area contributed by atoms with Crippen molar-refractivity contribution in [2.45, 2.75) is 33.7 Å². The van der Waals surface area contributed by atoms with E-state index in [4.69, 9.17) is 5.73 Å². The molecule has 0 aliphatic rings. The maximum atomic E-state index is 5.91. The van der Waals surface area contributed by atoms with Crippen molar-refractivity contribution in [3.63, 3.8) is 0 Å². The topological polar surface area (TPSA) is 56.7 Å². The number of hydrogen-bond donors (Lipinski definition) is 1. The van der Waals surface area contributed by atoms with Gasteiger partial charge in [-0.2, -0.15) is 0 Å². The molecular weight excluding hydrogens is 224 g/mol. The first-order chi connectivity index (χ1) is 8.47.